The van der Waals surface area contributed by atoms with Crippen LogP contribution in [0.3, 0.4) is 0 Å². The Hall–Kier alpha value is -1.14. The number of imide groups is 1. The average Bonchev–Trinajstić information content (AvgIpc) is 2.21. The van der Waals surface area contributed by atoms with E-state index in [0.717, 1.165) is 13.0 Å². The van der Waals surface area contributed by atoms with Crippen molar-refractivity contribution in [2.24, 2.45) is 11.7 Å². The molecule has 0 radical (unpaired) electrons. The Morgan fingerprint density at radius 2 is 1.94 bits per heavy atom. The van der Waals surface area contributed by atoms with Crippen LogP contribution in [0.2, 0.25) is 0 Å². The Morgan fingerprint density at radius 1 is 1.29 bits per heavy atom. The molecule has 0 spiro atoms. The van der Waals surface area contributed by atoms with Crippen LogP contribution in [-0.2, 0) is 9.53 Å². The minimum Gasteiger partial charge on any atom is -0.381 e. The fraction of sp³-hybridized carbons (Fsp3) is 0.818. The number of ether oxygens (including phenoxy) is 1. The van der Waals surface area contributed by atoms with Gasteiger partial charge < -0.3 is 15.8 Å². The van der Waals surface area contributed by atoms with Crippen LogP contribution in [0, 0.1) is 5.92 Å². The Kier molecular flexibility index (Phi) is 8.35. The molecule has 0 saturated heterocycles. The van der Waals surface area contributed by atoms with E-state index in [0.29, 0.717) is 19.1 Å². The zero-order valence-electron chi connectivity index (χ0n) is 10.8. The maximum absolute atomic E-state index is 11.3. The third kappa shape index (κ3) is 9.77. The van der Waals surface area contributed by atoms with Gasteiger partial charge in [0.2, 0.25) is 5.91 Å². The van der Waals surface area contributed by atoms with Crippen molar-refractivity contribution < 1.29 is 14.3 Å². The number of carbonyl (C=O) groups excluding carboxylic acids is 2. The first-order chi connectivity index (χ1) is 7.93. The van der Waals surface area contributed by atoms with Crippen molar-refractivity contribution >= 4 is 11.9 Å². The van der Waals surface area contributed by atoms with E-state index in [1.54, 1.807) is 6.92 Å². The van der Waals surface area contributed by atoms with Crippen LogP contribution < -0.4 is 16.4 Å². The largest absolute Gasteiger partial charge is 0.381 e. The molecule has 0 rings (SSSR count). The van der Waals surface area contributed by atoms with Gasteiger partial charge in [0, 0.05) is 13.2 Å². The monoisotopic (exact) mass is 245 g/mol. The van der Waals surface area contributed by atoms with E-state index in [2.05, 4.69) is 19.2 Å². The van der Waals surface area contributed by atoms with Gasteiger partial charge in [-0.1, -0.05) is 13.8 Å². The molecule has 0 saturated carbocycles. The lowest BCUT2D eigenvalue weighted by Gasteiger charge is -2.12. The lowest BCUT2D eigenvalue weighted by atomic mass is 10.2. The van der Waals surface area contributed by atoms with Crippen LogP contribution in [0.4, 0.5) is 4.79 Å². The van der Waals surface area contributed by atoms with Gasteiger partial charge in [-0.05, 0) is 25.8 Å². The van der Waals surface area contributed by atoms with Crippen molar-refractivity contribution in [3.05, 3.63) is 0 Å². The molecular weight excluding hydrogens is 222 g/mol. The molecule has 100 valence electrons. The number of urea groups is 1. The van der Waals surface area contributed by atoms with Crippen molar-refractivity contribution in [2.45, 2.75) is 33.2 Å². The van der Waals surface area contributed by atoms with E-state index >= 15 is 0 Å². The standard InChI is InChI=1S/C11H23N3O3/c1-8(2)7-17-6-4-5-13-9(3)10(15)14-11(12)16/h8-9,13H,4-7H2,1-3H3,(H3,12,14,15,16). The molecule has 0 aliphatic heterocycles. The minimum atomic E-state index is -0.830. The molecule has 1 atom stereocenters. The molecule has 17 heavy (non-hydrogen) atoms. The third-order valence-electron chi connectivity index (χ3n) is 2.01. The first kappa shape index (κ1) is 15.9. The number of hydrogen-bond donors (Lipinski definition) is 3. The maximum atomic E-state index is 11.3. The smallest absolute Gasteiger partial charge is 0.318 e. The summed E-state index contributed by atoms with van der Waals surface area (Å²) in [6, 6.07) is -1.27. The van der Waals surface area contributed by atoms with E-state index < -0.39 is 18.0 Å². The lowest BCUT2D eigenvalue weighted by molar-refractivity contribution is -0.121. The molecule has 6 heteroatoms. The molecule has 0 heterocycles. The van der Waals surface area contributed by atoms with Gasteiger partial charge in [0.15, 0.2) is 0 Å². The molecule has 3 amide bonds. The van der Waals surface area contributed by atoms with Gasteiger partial charge in [0.25, 0.3) is 0 Å². The molecule has 0 aliphatic carbocycles. The fourth-order valence-electron chi connectivity index (χ4n) is 1.13. The summed E-state index contributed by atoms with van der Waals surface area (Å²) in [5.74, 6) is 0.115. The minimum absolute atomic E-state index is 0.416. The van der Waals surface area contributed by atoms with Crippen LogP contribution in [-0.4, -0.2) is 37.7 Å². The number of amides is 3. The quantitative estimate of drug-likeness (QED) is 0.533. The molecule has 0 aromatic carbocycles. The second kappa shape index (κ2) is 8.95. The summed E-state index contributed by atoms with van der Waals surface area (Å²) in [5, 5.41) is 4.99. The van der Waals surface area contributed by atoms with E-state index in [9.17, 15) is 9.59 Å². The van der Waals surface area contributed by atoms with Crippen LogP contribution in [0.25, 0.3) is 0 Å². The highest BCUT2D eigenvalue weighted by Crippen LogP contribution is 1.93. The molecule has 0 aromatic heterocycles. The van der Waals surface area contributed by atoms with Crippen LogP contribution in [0.1, 0.15) is 27.2 Å². The van der Waals surface area contributed by atoms with E-state index in [1.165, 1.54) is 0 Å². The third-order valence-corrected chi connectivity index (χ3v) is 2.01. The first-order valence-electron chi connectivity index (χ1n) is 5.85. The molecular formula is C11H23N3O3. The van der Waals surface area contributed by atoms with Crippen molar-refractivity contribution in [1.29, 1.82) is 0 Å². The molecule has 4 N–H and O–H groups in total. The van der Waals surface area contributed by atoms with E-state index in [1.807, 2.05) is 5.32 Å². The summed E-state index contributed by atoms with van der Waals surface area (Å²) in [7, 11) is 0. The second-order valence-corrected chi connectivity index (χ2v) is 4.35. The molecule has 0 aromatic rings. The van der Waals surface area contributed by atoms with Gasteiger partial charge in [0.1, 0.15) is 0 Å². The van der Waals surface area contributed by atoms with Crippen LogP contribution in [0.15, 0.2) is 0 Å². The summed E-state index contributed by atoms with van der Waals surface area (Å²) in [6.45, 7) is 7.93. The highest BCUT2D eigenvalue weighted by atomic mass is 16.5. The Balaban J connectivity index is 3.47. The Labute approximate surface area is 102 Å². The zero-order chi connectivity index (χ0) is 13.3. The Bertz CT molecular complexity index is 244. The predicted molar refractivity (Wildman–Crippen MR) is 65.5 cm³/mol. The SMILES string of the molecule is CC(C)COCCCNC(C)C(=O)NC(N)=O. The topological polar surface area (TPSA) is 93.4 Å². The zero-order valence-corrected chi connectivity index (χ0v) is 10.8. The van der Waals surface area contributed by atoms with Crippen molar-refractivity contribution in [1.82, 2.24) is 10.6 Å². The lowest BCUT2D eigenvalue weighted by Crippen LogP contribution is -2.46. The van der Waals surface area contributed by atoms with Gasteiger partial charge in [0.05, 0.1) is 6.04 Å². The summed E-state index contributed by atoms with van der Waals surface area (Å²) in [5.41, 5.74) is 4.84. The summed E-state index contributed by atoms with van der Waals surface area (Å²) in [4.78, 5) is 21.7. The van der Waals surface area contributed by atoms with Gasteiger partial charge in [-0.3, -0.25) is 10.1 Å². The van der Waals surface area contributed by atoms with E-state index in [4.69, 9.17) is 10.5 Å². The molecule has 0 fully saturated rings. The second-order valence-electron chi connectivity index (χ2n) is 4.35. The van der Waals surface area contributed by atoms with Crippen molar-refractivity contribution in [3.63, 3.8) is 0 Å². The van der Waals surface area contributed by atoms with Crippen LogP contribution in [0.5, 0.6) is 0 Å². The number of hydrogen-bond acceptors (Lipinski definition) is 4. The van der Waals surface area contributed by atoms with Gasteiger partial charge >= 0.3 is 6.03 Å². The highest BCUT2D eigenvalue weighted by Gasteiger charge is 2.12. The predicted octanol–water partition coefficient (Wildman–Crippen LogP) is 0.222. The molecule has 1 unspecified atom stereocenters. The van der Waals surface area contributed by atoms with Gasteiger partial charge in [-0.15, -0.1) is 0 Å². The summed E-state index contributed by atoms with van der Waals surface area (Å²) >= 11 is 0. The van der Waals surface area contributed by atoms with Crippen LogP contribution >= 0.6 is 0 Å². The van der Waals surface area contributed by atoms with Crippen molar-refractivity contribution in [2.75, 3.05) is 19.8 Å². The number of primary amides is 1. The van der Waals surface area contributed by atoms with E-state index in [-0.39, 0.29) is 0 Å². The normalized spacial score (nSPS) is 12.5. The van der Waals surface area contributed by atoms with Gasteiger partial charge in [-0.25, -0.2) is 4.79 Å². The molecule has 6 nitrogen and oxygen atoms in total. The Morgan fingerprint density at radius 3 is 2.47 bits per heavy atom. The first-order valence-corrected chi connectivity index (χ1v) is 5.85. The maximum Gasteiger partial charge on any atom is 0.318 e. The summed E-state index contributed by atoms with van der Waals surface area (Å²) in [6.07, 6.45) is 0.820. The summed E-state index contributed by atoms with van der Waals surface area (Å²) < 4.78 is 5.39. The number of rotatable bonds is 8. The average molecular weight is 245 g/mol. The number of carbonyl (C=O) groups is 2. The van der Waals surface area contributed by atoms with Gasteiger partial charge in [-0.2, -0.15) is 0 Å². The molecule has 0 bridgehead atoms. The van der Waals surface area contributed by atoms with Crippen molar-refractivity contribution in [3.8, 4) is 0 Å². The number of nitrogens with two attached hydrogens (primary N) is 1. The highest BCUT2D eigenvalue weighted by molar-refractivity contribution is 5.96. The fourth-order valence-corrected chi connectivity index (χ4v) is 1.13. The number of nitrogens with one attached hydrogen (secondary N) is 2. The molecule has 0 aliphatic rings.